The van der Waals surface area contributed by atoms with Gasteiger partial charge >= 0.3 is 0 Å². The van der Waals surface area contributed by atoms with Crippen LogP contribution in [0.5, 0.6) is 0 Å². The smallest absolute Gasteiger partial charge is 0.255 e. The quantitative estimate of drug-likeness (QED) is 0.0183. The molecule has 4 atom stereocenters. The largest absolute Gasteiger partial charge is 0.377 e. The number of fused-ring (bicyclic) bond motifs is 4. The van der Waals surface area contributed by atoms with Gasteiger partial charge in [0.2, 0.25) is 29.5 Å². The average molecular weight is 1090 g/mol. The number of carbonyl (C=O) groups excluding carboxylic acids is 6. The molecule has 410 valence electrons. The monoisotopic (exact) mass is 1090 g/mol. The topological polar surface area (TPSA) is 263 Å². The first-order valence-electron chi connectivity index (χ1n) is 25.8. The van der Waals surface area contributed by atoms with E-state index < -0.39 is 35.7 Å². The molecule has 1 fully saturated rings. The van der Waals surface area contributed by atoms with Crippen molar-refractivity contribution in [1.82, 2.24) is 35.8 Å². The number of aliphatic imine (C=N–C) groups is 1. The third kappa shape index (κ3) is 15.1. The number of aromatic nitrogens is 3. The molecule has 0 saturated carbocycles. The van der Waals surface area contributed by atoms with E-state index in [-0.39, 0.29) is 76.0 Å². The van der Waals surface area contributed by atoms with Crippen molar-refractivity contribution in [3.63, 3.8) is 0 Å². The summed E-state index contributed by atoms with van der Waals surface area (Å²) < 4.78 is 30.3. The lowest BCUT2D eigenvalue weighted by molar-refractivity contribution is -0.137. The van der Waals surface area contributed by atoms with Crippen LogP contribution in [0.15, 0.2) is 47.5 Å². The molecule has 0 bridgehead atoms. The molecule has 7 rings (SSSR count). The van der Waals surface area contributed by atoms with Crippen LogP contribution in [0.3, 0.4) is 0 Å². The van der Waals surface area contributed by atoms with E-state index in [2.05, 4.69) is 40.0 Å². The Bertz CT molecular complexity index is 2710. The molecular formula is C53H68ClN9O12S. The second-order valence-corrected chi connectivity index (χ2v) is 20.6. The number of unbranched alkanes of at least 4 members (excludes halogenated alkanes) is 4. The number of ether oxygens (including phenoxy) is 5. The standard InChI is InChI=1S/C53H68ClN9O12S/c1-32(30-74-27-25-72-23-21-71-22-24-73-26-28-75-31-45(66)56-41-13-10-12-38-40(41)29-62(52(38)69)42-19-20-43(64)57-51(42)68)55-50(67)39(11-8-6-5-7-9-14-44(65)61-70)48-49-60-59-35(4)63(49)53-46(33(2)34(3)76-53)47(58-48)36-15-17-37(54)18-16-36/h10,12-13,15-18,32,39,42,48,70H,5-9,11,14,19-31H2,1-4H3,(H,55,67)(H,56,66)(H,61,65)(H,57,64,68)/t32?,39?,42?,48-/m0/s1. The van der Waals surface area contributed by atoms with Crippen molar-refractivity contribution < 1.29 is 57.7 Å². The van der Waals surface area contributed by atoms with Crippen LogP contribution in [-0.2, 0) is 54.2 Å². The first kappa shape index (κ1) is 57.7. The highest BCUT2D eigenvalue weighted by atomic mass is 35.5. The molecule has 5 heterocycles. The predicted molar refractivity (Wildman–Crippen MR) is 282 cm³/mol. The number of rotatable bonds is 30. The molecule has 76 heavy (non-hydrogen) atoms. The third-order valence-electron chi connectivity index (χ3n) is 13.4. The Morgan fingerprint density at radius 2 is 1.53 bits per heavy atom. The maximum Gasteiger partial charge on any atom is 0.255 e. The number of hydrogen-bond acceptors (Lipinski definition) is 16. The number of piperidine rings is 1. The summed E-state index contributed by atoms with van der Waals surface area (Å²) in [6, 6.07) is 10.8. The van der Waals surface area contributed by atoms with Crippen LogP contribution in [-0.4, -0.2) is 144 Å². The molecule has 23 heteroatoms. The normalized spacial score (nSPS) is 16.8. The zero-order valence-corrected chi connectivity index (χ0v) is 45.0. The summed E-state index contributed by atoms with van der Waals surface area (Å²) in [5, 5.41) is 27.9. The fraction of sp³-hybridized carbons (Fsp3) is 0.528. The highest BCUT2D eigenvalue weighted by Gasteiger charge is 2.41. The Balaban J connectivity index is 0.799. The van der Waals surface area contributed by atoms with Crippen molar-refractivity contribution in [2.75, 3.05) is 71.4 Å². The number of thiophene rings is 1. The molecule has 1 saturated heterocycles. The van der Waals surface area contributed by atoms with Crippen LogP contribution >= 0.6 is 22.9 Å². The first-order chi connectivity index (χ1) is 36.7. The molecular weight excluding hydrogens is 1020 g/mol. The van der Waals surface area contributed by atoms with Gasteiger partial charge in [-0.1, -0.05) is 55.5 Å². The lowest BCUT2D eigenvalue weighted by Gasteiger charge is -2.29. The number of hydrogen-bond donors (Lipinski definition) is 5. The van der Waals surface area contributed by atoms with Crippen molar-refractivity contribution in [2.45, 2.75) is 110 Å². The molecule has 21 nitrogen and oxygen atoms in total. The molecule has 4 aromatic rings. The lowest BCUT2D eigenvalue weighted by Crippen LogP contribution is -2.52. The van der Waals surface area contributed by atoms with E-state index in [1.807, 2.05) is 42.7 Å². The SMILES string of the molecule is Cc1sc2c(c1C)C(c1ccc(Cl)cc1)=N[C@@H](C(CCCCCCCC(=O)NO)C(=O)NC(C)COCCOCCOCCOCCOCC(=O)Nc1cccc3c1CN(C1CCC(=O)NC1=O)C3=O)c1nnc(C)n1-2. The molecule has 2 aromatic heterocycles. The number of nitrogens with zero attached hydrogens (tertiary/aromatic N) is 5. The van der Waals surface area contributed by atoms with Crippen molar-refractivity contribution in [2.24, 2.45) is 10.9 Å². The minimum Gasteiger partial charge on any atom is -0.377 e. The number of carbonyl (C=O) groups is 6. The highest BCUT2D eigenvalue weighted by Crippen LogP contribution is 2.42. The summed E-state index contributed by atoms with van der Waals surface area (Å²) in [5.41, 5.74) is 6.86. The Kier molecular flexibility index (Phi) is 21.6. The number of benzene rings is 2. The van der Waals surface area contributed by atoms with E-state index in [0.29, 0.717) is 86.0 Å². The first-order valence-corrected chi connectivity index (χ1v) is 27.0. The van der Waals surface area contributed by atoms with Gasteiger partial charge in [0, 0.05) is 63.3 Å². The predicted octanol–water partition coefficient (Wildman–Crippen LogP) is 5.64. The van der Waals surface area contributed by atoms with Gasteiger partial charge in [-0.05, 0) is 76.8 Å². The molecule has 3 aliphatic heterocycles. The molecule has 3 aliphatic rings. The van der Waals surface area contributed by atoms with Gasteiger partial charge in [0.1, 0.15) is 29.5 Å². The summed E-state index contributed by atoms with van der Waals surface area (Å²) in [7, 11) is 0. The van der Waals surface area contributed by atoms with Gasteiger partial charge in [-0.2, -0.15) is 0 Å². The minimum absolute atomic E-state index is 0.137. The van der Waals surface area contributed by atoms with E-state index >= 15 is 0 Å². The summed E-state index contributed by atoms with van der Waals surface area (Å²) in [6.07, 6.45) is 5.07. The van der Waals surface area contributed by atoms with Gasteiger partial charge in [0.15, 0.2) is 5.82 Å². The van der Waals surface area contributed by atoms with Gasteiger partial charge in [0.25, 0.3) is 5.91 Å². The molecule has 6 amide bonds. The zero-order chi connectivity index (χ0) is 54.1. The summed E-state index contributed by atoms with van der Waals surface area (Å²) >= 11 is 7.99. The Labute approximate surface area is 450 Å². The van der Waals surface area contributed by atoms with Gasteiger partial charge in [-0.15, -0.1) is 21.5 Å². The second kappa shape index (κ2) is 28.4. The van der Waals surface area contributed by atoms with Crippen LogP contribution in [0.4, 0.5) is 5.69 Å². The molecule has 3 unspecified atom stereocenters. The molecule has 0 radical (unpaired) electrons. The number of nitrogens with one attached hydrogen (secondary N) is 4. The van der Waals surface area contributed by atoms with Crippen molar-refractivity contribution in [3.8, 4) is 5.00 Å². The average Bonchev–Trinajstić information content (AvgIpc) is 4.04. The third-order valence-corrected chi connectivity index (χ3v) is 14.8. The van der Waals surface area contributed by atoms with Gasteiger partial charge in [-0.3, -0.25) is 48.9 Å². The summed E-state index contributed by atoms with van der Waals surface area (Å²) in [4.78, 5) is 83.8. The van der Waals surface area contributed by atoms with Gasteiger partial charge in [0.05, 0.1) is 71.1 Å². The van der Waals surface area contributed by atoms with E-state index in [1.54, 1.807) is 35.0 Å². The number of hydroxylamine groups is 1. The maximum atomic E-state index is 14.5. The maximum absolute atomic E-state index is 14.5. The van der Waals surface area contributed by atoms with E-state index in [9.17, 15) is 28.8 Å². The number of imide groups is 1. The summed E-state index contributed by atoms with van der Waals surface area (Å²) in [6.45, 7) is 10.5. The van der Waals surface area contributed by atoms with Crippen molar-refractivity contribution >= 4 is 69.8 Å². The lowest BCUT2D eigenvalue weighted by atomic mass is 9.90. The Morgan fingerprint density at radius 1 is 0.855 bits per heavy atom. The van der Waals surface area contributed by atoms with Crippen LogP contribution in [0.1, 0.15) is 120 Å². The van der Waals surface area contributed by atoms with Crippen LogP contribution < -0.4 is 21.4 Å². The Morgan fingerprint density at radius 3 is 2.22 bits per heavy atom. The second-order valence-electron chi connectivity index (χ2n) is 18.9. The molecule has 5 N–H and O–H groups in total. The minimum atomic E-state index is -0.753. The molecule has 2 aromatic carbocycles. The Hall–Kier alpha value is -5.98. The molecule has 0 spiro atoms. The van der Waals surface area contributed by atoms with Crippen LogP contribution in [0.25, 0.3) is 5.00 Å². The van der Waals surface area contributed by atoms with E-state index in [1.165, 1.54) is 4.90 Å². The number of halogens is 1. The van der Waals surface area contributed by atoms with E-state index in [4.69, 9.17) is 45.5 Å². The van der Waals surface area contributed by atoms with Crippen LogP contribution in [0, 0.1) is 26.7 Å². The molecule has 0 aliphatic carbocycles. The van der Waals surface area contributed by atoms with E-state index in [0.717, 1.165) is 58.0 Å². The fourth-order valence-corrected chi connectivity index (χ4v) is 10.7. The number of aryl methyl sites for hydroxylation is 2. The van der Waals surface area contributed by atoms with Crippen molar-refractivity contribution in [1.29, 1.82) is 0 Å². The number of amides is 6. The fourth-order valence-electron chi connectivity index (χ4n) is 9.38. The highest BCUT2D eigenvalue weighted by molar-refractivity contribution is 7.15. The van der Waals surface area contributed by atoms with Gasteiger partial charge in [-0.25, -0.2) is 5.48 Å². The van der Waals surface area contributed by atoms with Crippen molar-refractivity contribution in [3.05, 3.63) is 91.8 Å². The summed E-state index contributed by atoms with van der Waals surface area (Å²) in [5.74, 6) is -1.48. The zero-order valence-electron chi connectivity index (χ0n) is 43.5. The van der Waals surface area contributed by atoms with Crippen LogP contribution in [0.2, 0.25) is 5.02 Å². The van der Waals surface area contributed by atoms with Gasteiger partial charge < -0.3 is 39.2 Å². The number of anilines is 1.